The number of hydrogen-bond donors (Lipinski definition) is 2. The average Bonchev–Trinajstić information content (AvgIpc) is 2.62. The molecule has 1 aromatic rings. The molecule has 0 atom stereocenters. The van der Waals surface area contributed by atoms with Crippen molar-refractivity contribution in [2.24, 2.45) is 0 Å². The summed E-state index contributed by atoms with van der Waals surface area (Å²) in [5.74, 6) is 3.01. The summed E-state index contributed by atoms with van der Waals surface area (Å²) in [5, 5.41) is 9.30. The van der Waals surface area contributed by atoms with E-state index >= 15 is 0 Å². The predicted octanol–water partition coefficient (Wildman–Crippen LogP) is 1.32. The Labute approximate surface area is 83.1 Å². The number of carbonyl (C=O) groups excluding carboxylic acids is 1. The highest BCUT2D eigenvalue weighted by atomic mass is 16.1. The van der Waals surface area contributed by atoms with E-state index in [1.807, 2.05) is 6.92 Å². The van der Waals surface area contributed by atoms with Gasteiger partial charge in [0.15, 0.2) is 0 Å². The summed E-state index contributed by atoms with van der Waals surface area (Å²) in [7, 11) is 0. The molecule has 0 aliphatic carbocycles. The quantitative estimate of drug-likeness (QED) is 0.705. The SMILES string of the molecule is C#CCCC(=O)Nc1[nH]ncc1CC. The van der Waals surface area contributed by atoms with Crippen molar-refractivity contribution in [2.75, 3.05) is 5.32 Å². The number of H-pyrrole nitrogens is 1. The van der Waals surface area contributed by atoms with Gasteiger partial charge in [-0.25, -0.2) is 0 Å². The van der Waals surface area contributed by atoms with Gasteiger partial charge in [-0.3, -0.25) is 9.89 Å². The number of aromatic nitrogens is 2. The van der Waals surface area contributed by atoms with Crippen molar-refractivity contribution in [2.45, 2.75) is 26.2 Å². The van der Waals surface area contributed by atoms with Crippen LogP contribution in [-0.2, 0) is 11.2 Å². The van der Waals surface area contributed by atoms with Gasteiger partial charge in [0.1, 0.15) is 5.82 Å². The summed E-state index contributed by atoms with van der Waals surface area (Å²) in [4.78, 5) is 11.3. The lowest BCUT2D eigenvalue weighted by atomic mass is 10.2. The van der Waals surface area contributed by atoms with Crippen LogP contribution in [0.1, 0.15) is 25.3 Å². The highest BCUT2D eigenvalue weighted by Crippen LogP contribution is 2.11. The smallest absolute Gasteiger partial charge is 0.226 e. The Morgan fingerprint density at radius 3 is 3.21 bits per heavy atom. The Balaban J connectivity index is 2.52. The first kappa shape index (κ1) is 10.3. The molecule has 1 aromatic heterocycles. The van der Waals surface area contributed by atoms with Gasteiger partial charge in [-0.05, 0) is 6.42 Å². The summed E-state index contributed by atoms with van der Waals surface area (Å²) in [6.45, 7) is 2.00. The van der Waals surface area contributed by atoms with Gasteiger partial charge in [-0.15, -0.1) is 12.3 Å². The molecule has 0 aliphatic heterocycles. The maximum atomic E-state index is 11.3. The number of terminal acetylenes is 1. The molecule has 74 valence electrons. The number of hydrogen-bond acceptors (Lipinski definition) is 2. The number of nitrogens with one attached hydrogen (secondary N) is 2. The zero-order chi connectivity index (χ0) is 10.4. The summed E-state index contributed by atoms with van der Waals surface area (Å²) in [5.41, 5.74) is 0.999. The fourth-order valence-electron chi connectivity index (χ4n) is 1.08. The van der Waals surface area contributed by atoms with Crippen LogP contribution in [0.25, 0.3) is 0 Å². The third kappa shape index (κ3) is 2.63. The van der Waals surface area contributed by atoms with Crippen LogP contribution in [0.3, 0.4) is 0 Å². The van der Waals surface area contributed by atoms with Gasteiger partial charge in [-0.1, -0.05) is 6.92 Å². The zero-order valence-electron chi connectivity index (χ0n) is 8.13. The molecule has 0 spiro atoms. The molecule has 14 heavy (non-hydrogen) atoms. The van der Waals surface area contributed by atoms with Crippen LogP contribution in [-0.4, -0.2) is 16.1 Å². The average molecular weight is 191 g/mol. The van der Waals surface area contributed by atoms with E-state index in [0.717, 1.165) is 12.0 Å². The molecule has 1 heterocycles. The van der Waals surface area contributed by atoms with E-state index < -0.39 is 0 Å². The molecule has 0 fully saturated rings. The number of rotatable bonds is 4. The van der Waals surface area contributed by atoms with Gasteiger partial charge in [0.25, 0.3) is 0 Å². The number of aromatic amines is 1. The molecule has 0 radical (unpaired) electrons. The summed E-state index contributed by atoms with van der Waals surface area (Å²) in [6.07, 6.45) is 8.40. The minimum Gasteiger partial charge on any atom is -0.311 e. The van der Waals surface area contributed by atoms with Gasteiger partial charge in [-0.2, -0.15) is 5.10 Å². The molecule has 4 nitrogen and oxygen atoms in total. The zero-order valence-corrected chi connectivity index (χ0v) is 8.13. The lowest BCUT2D eigenvalue weighted by molar-refractivity contribution is -0.116. The first-order valence-corrected chi connectivity index (χ1v) is 4.53. The second-order valence-electron chi connectivity index (χ2n) is 2.88. The maximum absolute atomic E-state index is 11.3. The van der Waals surface area contributed by atoms with E-state index in [0.29, 0.717) is 18.7 Å². The second kappa shape index (κ2) is 5.07. The van der Waals surface area contributed by atoms with Crippen molar-refractivity contribution in [1.29, 1.82) is 0 Å². The standard InChI is InChI=1S/C10H13N3O/c1-3-5-6-9(14)12-10-8(4-2)7-11-13-10/h1,7H,4-6H2,2H3,(H2,11,12,13,14). The van der Waals surface area contributed by atoms with E-state index in [9.17, 15) is 4.79 Å². The fourth-order valence-corrected chi connectivity index (χ4v) is 1.08. The van der Waals surface area contributed by atoms with Gasteiger partial charge in [0.2, 0.25) is 5.91 Å². The van der Waals surface area contributed by atoms with Crippen molar-refractivity contribution < 1.29 is 4.79 Å². The molecule has 2 N–H and O–H groups in total. The number of aryl methyl sites for hydroxylation is 1. The molecule has 0 saturated heterocycles. The molecule has 4 heteroatoms. The van der Waals surface area contributed by atoms with E-state index in [1.165, 1.54) is 0 Å². The summed E-state index contributed by atoms with van der Waals surface area (Å²) < 4.78 is 0. The Hall–Kier alpha value is -1.76. The van der Waals surface area contributed by atoms with Crippen LogP contribution in [0.4, 0.5) is 5.82 Å². The third-order valence-electron chi connectivity index (χ3n) is 1.86. The van der Waals surface area contributed by atoms with Crippen LogP contribution >= 0.6 is 0 Å². The third-order valence-corrected chi connectivity index (χ3v) is 1.86. The fraction of sp³-hybridized carbons (Fsp3) is 0.400. The molecule has 0 aromatic carbocycles. The van der Waals surface area contributed by atoms with Crippen molar-refractivity contribution in [3.8, 4) is 12.3 Å². The van der Waals surface area contributed by atoms with Crippen LogP contribution in [0.5, 0.6) is 0 Å². The maximum Gasteiger partial charge on any atom is 0.226 e. The Morgan fingerprint density at radius 1 is 1.79 bits per heavy atom. The van der Waals surface area contributed by atoms with Crippen LogP contribution in [0, 0.1) is 12.3 Å². The molecule has 1 amide bonds. The minimum atomic E-state index is -0.0816. The first-order chi connectivity index (χ1) is 6.77. The molecule has 0 bridgehead atoms. The second-order valence-corrected chi connectivity index (χ2v) is 2.88. The van der Waals surface area contributed by atoms with Crippen LogP contribution < -0.4 is 5.32 Å². The topological polar surface area (TPSA) is 57.8 Å². The predicted molar refractivity (Wildman–Crippen MR) is 54.7 cm³/mol. The Kier molecular flexibility index (Phi) is 3.74. The summed E-state index contributed by atoms with van der Waals surface area (Å²) >= 11 is 0. The van der Waals surface area contributed by atoms with E-state index in [2.05, 4.69) is 21.4 Å². The lowest BCUT2D eigenvalue weighted by Crippen LogP contribution is -2.12. The monoisotopic (exact) mass is 191 g/mol. The number of carbonyl (C=O) groups is 1. The highest BCUT2D eigenvalue weighted by Gasteiger charge is 2.06. The van der Waals surface area contributed by atoms with Gasteiger partial charge >= 0.3 is 0 Å². The Bertz CT molecular complexity index is 348. The van der Waals surface area contributed by atoms with Crippen molar-refractivity contribution in [3.05, 3.63) is 11.8 Å². The van der Waals surface area contributed by atoms with Crippen LogP contribution in [0.15, 0.2) is 6.20 Å². The van der Waals surface area contributed by atoms with Gasteiger partial charge < -0.3 is 5.32 Å². The van der Waals surface area contributed by atoms with Crippen molar-refractivity contribution in [3.63, 3.8) is 0 Å². The number of amides is 1. The highest BCUT2D eigenvalue weighted by molar-refractivity contribution is 5.90. The normalized spacial score (nSPS) is 9.43. The Morgan fingerprint density at radius 2 is 2.57 bits per heavy atom. The molecular weight excluding hydrogens is 178 g/mol. The minimum absolute atomic E-state index is 0.0816. The van der Waals surface area contributed by atoms with E-state index in [-0.39, 0.29) is 5.91 Å². The molecule has 0 unspecified atom stereocenters. The number of anilines is 1. The first-order valence-electron chi connectivity index (χ1n) is 4.53. The van der Waals surface area contributed by atoms with Crippen molar-refractivity contribution in [1.82, 2.24) is 10.2 Å². The lowest BCUT2D eigenvalue weighted by Gasteiger charge is -2.02. The number of nitrogens with zero attached hydrogens (tertiary/aromatic N) is 1. The summed E-state index contributed by atoms with van der Waals surface area (Å²) in [6, 6.07) is 0. The molecule has 0 aliphatic rings. The molecule has 0 saturated carbocycles. The van der Waals surface area contributed by atoms with E-state index in [4.69, 9.17) is 6.42 Å². The molecule has 1 rings (SSSR count). The van der Waals surface area contributed by atoms with Crippen LogP contribution in [0.2, 0.25) is 0 Å². The van der Waals surface area contributed by atoms with Gasteiger partial charge in [0, 0.05) is 18.4 Å². The van der Waals surface area contributed by atoms with E-state index in [1.54, 1.807) is 6.20 Å². The largest absolute Gasteiger partial charge is 0.311 e. The van der Waals surface area contributed by atoms with Gasteiger partial charge in [0.05, 0.1) is 6.20 Å². The molecular formula is C10H13N3O. The van der Waals surface area contributed by atoms with Crippen molar-refractivity contribution >= 4 is 11.7 Å².